The lowest BCUT2D eigenvalue weighted by Gasteiger charge is -2.03. The first-order valence-electron chi connectivity index (χ1n) is 6.21. The molecule has 0 saturated carbocycles. The van der Waals surface area contributed by atoms with Crippen molar-refractivity contribution in [2.24, 2.45) is 0 Å². The Morgan fingerprint density at radius 1 is 0.889 bits per heavy atom. The van der Waals surface area contributed by atoms with E-state index in [2.05, 4.69) is 22.9 Å². The molecule has 2 aromatic carbocycles. The minimum Gasteiger partial charge on any atom is -0.494 e. The van der Waals surface area contributed by atoms with Crippen molar-refractivity contribution in [2.45, 2.75) is 19.8 Å². The fourth-order valence-corrected chi connectivity index (χ4v) is 1.57. The average Bonchev–Trinajstić information content (AvgIpc) is 2.42. The maximum absolute atomic E-state index is 5.45. The second kappa shape index (κ2) is 9.72. The lowest BCUT2D eigenvalue weighted by molar-refractivity contribution is 0.309. The topological polar surface area (TPSA) is 9.23 Å². The highest BCUT2D eigenvalue weighted by Crippen LogP contribution is 2.08. The summed E-state index contributed by atoms with van der Waals surface area (Å²) in [4.78, 5) is 0. The number of benzene rings is 2. The lowest BCUT2D eigenvalue weighted by Crippen LogP contribution is -1.95. The van der Waals surface area contributed by atoms with Crippen molar-refractivity contribution in [3.8, 4) is 5.75 Å². The van der Waals surface area contributed by atoms with Crippen molar-refractivity contribution in [1.29, 1.82) is 0 Å². The molecule has 0 bridgehead atoms. The third-order valence-corrected chi connectivity index (χ3v) is 2.77. The van der Waals surface area contributed by atoms with Gasteiger partial charge in [-0.2, -0.15) is 0 Å². The lowest BCUT2D eigenvalue weighted by atomic mass is 10.3. The van der Waals surface area contributed by atoms with Crippen LogP contribution in [0.4, 0.5) is 0 Å². The molecule has 0 fully saturated rings. The molecule has 2 rings (SSSR count). The Balaban J connectivity index is 0.000000199. The Bertz CT molecular complexity index is 400. The first-order valence-corrected chi connectivity index (χ1v) is 7.00. The van der Waals surface area contributed by atoms with Crippen molar-refractivity contribution >= 4 is 15.9 Å². The van der Waals surface area contributed by atoms with E-state index in [9.17, 15) is 0 Å². The largest absolute Gasteiger partial charge is 0.494 e. The molecule has 0 aliphatic rings. The Hall–Kier alpha value is -1.28. The number of unbranched alkanes of at least 4 members (excludes halogenated alkanes) is 1. The second-order valence-corrected chi connectivity index (χ2v) is 4.73. The van der Waals surface area contributed by atoms with E-state index in [0.29, 0.717) is 0 Å². The summed E-state index contributed by atoms with van der Waals surface area (Å²) >= 11 is 3.31. The second-order valence-electron chi connectivity index (χ2n) is 3.81. The van der Waals surface area contributed by atoms with Gasteiger partial charge >= 0.3 is 0 Å². The molecule has 0 aromatic heterocycles. The highest BCUT2D eigenvalue weighted by Gasteiger charge is 1.88. The number of hydrogen-bond acceptors (Lipinski definition) is 1. The molecule has 0 unspecified atom stereocenters. The molecule has 2 heteroatoms. The van der Waals surface area contributed by atoms with E-state index < -0.39 is 0 Å². The van der Waals surface area contributed by atoms with E-state index in [-0.39, 0.29) is 0 Å². The average molecular weight is 307 g/mol. The fourth-order valence-electron chi connectivity index (χ4n) is 1.27. The summed E-state index contributed by atoms with van der Waals surface area (Å²) in [6.07, 6.45) is 2.32. The summed E-state index contributed by atoms with van der Waals surface area (Å²) in [5, 5.41) is 0. The van der Waals surface area contributed by atoms with Crippen LogP contribution in [0, 0.1) is 0 Å². The number of para-hydroxylation sites is 1. The third-order valence-electron chi connectivity index (χ3n) is 2.24. The van der Waals surface area contributed by atoms with Gasteiger partial charge in [0.2, 0.25) is 0 Å². The normalized spacial score (nSPS) is 9.22. The Kier molecular flexibility index (Phi) is 7.98. The molecule has 0 heterocycles. The van der Waals surface area contributed by atoms with Crippen LogP contribution in [0.2, 0.25) is 0 Å². The molecule has 0 saturated heterocycles. The zero-order valence-corrected chi connectivity index (χ0v) is 12.3. The maximum atomic E-state index is 5.45. The van der Waals surface area contributed by atoms with Crippen LogP contribution in [0.15, 0.2) is 65.1 Å². The number of hydrogen-bond donors (Lipinski definition) is 0. The third kappa shape index (κ3) is 7.13. The SMILES string of the molecule is Brc1ccccc1.CCCCOc1ccccc1. The Morgan fingerprint density at radius 2 is 1.44 bits per heavy atom. The summed E-state index contributed by atoms with van der Waals surface area (Å²) in [7, 11) is 0. The minimum atomic E-state index is 0.834. The fraction of sp³-hybridized carbons (Fsp3) is 0.250. The summed E-state index contributed by atoms with van der Waals surface area (Å²) in [6, 6.07) is 19.9. The van der Waals surface area contributed by atoms with E-state index in [1.54, 1.807) is 0 Å². The molecule has 18 heavy (non-hydrogen) atoms. The predicted octanol–water partition coefficient (Wildman–Crippen LogP) is 5.31. The molecular formula is C16H19BrO. The van der Waals surface area contributed by atoms with Gasteiger partial charge in [0.05, 0.1) is 6.61 Å². The van der Waals surface area contributed by atoms with E-state index >= 15 is 0 Å². The van der Waals surface area contributed by atoms with E-state index in [1.807, 2.05) is 60.7 Å². The van der Waals surface area contributed by atoms with Gasteiger partial charge in [-0.15, -0.1) is 0 Å². The van der Waals surface area contributed by atoms with Crippen LogP contribution >= 0.6 is 15.9 Å². The van der Waals surface area contributed by atoms with Gasteiger partial charge in [0.1, 0.15) is 5.75 Å². The van der Waals surface area contributed by atoms with E-state index in [1.165, 1.54) is 6.42 Å². The summed E-state index contributed by atoms with van der Waals surface area (Å²) in [6.45, 7) is 2.99. The molecule has 0 amide bonds. The predicted molar refractivity (Wildman–Crippen MR) is 81.0 cm³/mol. The minimum absolute atomic E-state index is 0.834. The zero-order valence-electron chi connectivity index (χ0n) is 10.7. The van der Waals surface area contributed by atoms with Crippen LogP contribution in [-0.2, 0) is 0 Å². The maximum Gasteiger partial charge on any atom is 0.119 e. The van der Waals surface area contributed by atoms with Gasteiger partial charge in [-0.25, -0.2) is 0 Å². The van der Waals surface area contributed by atoms with Crippen molar-refractivity contribution in [1.82, 2.24) is 0 Å². The molecule has 0 radical (unpaired) electrons. The van der Waals surface area contributed by atoms with Crippen LogP contribution in [0.25, 0.3) is 0 Å². The Labute approximate surface area is 118 Å². The quantitative estimate of drug-likeness (QED) is 0.695. The Morgan fingerprint density at radius 3 is 1.89 bits per heavy atom. The van der Waals surface area contributed by atoms with Gasteiger partial charge in [0.25, 0.3) is 0 Å². The van der Waals surface area contributed by atoms with Crippen LogP contribution in [0.3, 0.4) is 0 Å². The first-order chi connectivity index (χ1) is 8.83. The van der Waals surface area contributed by atoms with Gasteiger partial charge in [-0.1, -0.05) is 65.7 Å². The highest BCUT2D eigenvalue weighted by molar-refractivity contribution is 9.10. The number of rotatable bonds is 4. The van der Waals surface area contributed by atoms with Gasteiger partial charge in [0.15, 0.2) is 0 Å². The van der Waals surface area contributed by atoms with E-state index in [0.717, 1.165) is 23.2 Å². The number of halogens is 1. The highest BCUT2D eigenvalue weighted by atomic mass is 79.9. The monoisotopic (exact) mass is 306 g/mol. The van der Waals surface area contributed by atoms with Crippen molar-refractivity contribution in [2.75, 3.05) is 6.61 Å². The molecule has 1 nitrogen and oxygen atoms in total. The van der Waals surface area contributed by atoms with Crippen molar-refractivity contribution < 1.29 is 4.74 Å². The standard InChI is InChI=1S/C10H14O.C6H5Br/c1-2-3-9-11-10-7-5-4-6-8-10;7-6-4-2-1-3-5-6/h4-8H,2-3,9H2,1H3;1-5H. The molecule has 0 aliphatic carbocycles. The molecule has 2 aromatic rings. The molecule has 0 N–H and O–H groups in total. The first kappa shape index (κ1) is 14.8. The van der Waals surface area contributed by atoms with Crippen molar-refractivity contribution in [3.05, 3.63) is 65.1 Å². The smallest absolute Gasteiger partial charge is 0.119 e. The van der Waals surface area contributed by atoms with Crippen LogP contribution in [0.5, 0.6) is 5.75 Å². The van der Waals surface area contributed by atoms with Gasteiger partial charge in [-0.3, -0.25) is 0 Å². The van der Waals surface area contributed by atoms with Crippen molar-refractivity contribution in [3.63, 3.8) is 0 Å². The molecular weight excluding hydrogens is 288 g/mol. The number of ether oxygens (including phenoxy) is 1. The summed E-state index contributed by atoms with van der Waals surface area (Å²) in [5.74, 6) is 0.973. The van der Waals surface area contributed by atoms with Gasteiger partial charge < -0.3 is 4.74 Å². The molecule has 0 aliphatic heterocycles. The zero-order chi connectivity index (χ0) is 13.1. The van der Waals surface area contributed by atoms with Gasteiger partial charge in [-0.05, 0) is 30.7 Å². The summed E-state index contributed by atoms with van der Waals surface area (Å²) < 4.78 is 6.58. The molecule has 0 spiro atoms. The molecule has 96 valence electrons. The van der Waals surface area contributed by atoms with Crippen LogP contribution in [0.1, 0.15) is 19.8 Å². The van der Waals surface area contributed by atoms with E-state index in [4.69, 9.17) is 4.74 Å². The summed E-state index contributed by atoms with van der Waals surface area (Å²) in [5.41, 5.74) is 0. The van der Waals surface area contributed by atoms with Crippen LogP contribution < -0.4 is 4.74 Å². The van der Waals surface area contributed by atoms with Gasteiger partial charge in [0, 0.05) is 4.47 Å². The van der Waals surface area contributed by atoms with Crippen LogP contribution in [-0.4, -0.2) is 6.61 Å². The molecule has 0 atom stereocenters.